The molecule has 0 N–H and O–H groups in total. The van der Waals surface area contributed by atoms with E-state index in [1.54, 1.807) is 6.07 Å². The van der Waals surface area contributed by atoms with Crippen LogP contribution < -0.4 is 0 Å². The number of allylic oxidation sites excluding steroid dienone is 1. The lowest BCUT2D eigenvalue weighted by molar-refractivity contribution is 0.0528. The molecular weight excluding hydrogens is 420 g/mol. The van der Waals surface area contributed by atoms with Crippen molar-refractivity contribution < 1.29 is 9.53 Å². The van der Waals surface area contributed by atoms with Gasteiger partial charge in [-0.2, -0.15) is 0 Å². The number of carbonyl (C=O) groups excluding carboxylic acids is 1. The van der Waals surface area contributed by atoms with Crippen molar-refractivity contribution in [2.75, 3.05) is 6.61 Å². The number of hydrogen-bond acceptors (Lipinski definition) is 4. The zero-order valence-electron chi connectivity index (χ0n) is 21.0. The summed E-state index contributed by atoms with van der Waals surface area (Å²) in [7, 11) is 0. The van der Waals surface area contributed by atoms with Crippen molar-refractivity contribution in [3.8, 4) is 0 Å². The second kappa shape index (κ2) is 14.5. The maximum absolute atomic E-state index is 12.4. The number of esters is 1. The maximum Gasteiger partial charge on any atom is 0.340 e. The zero-order valence-corrected chi connectivity index (χ0v) is 21.0. The zero-order chi connectivity index (χ0) is 24.0. The van der Waals surface area contributed by atoms with Crippen molar-refractivity contribution in [3.63, 3.8) is 0 Å². The fourth-order valence-electron chi connectivity index (χ4n) is 4.39. The van der Waals surface area contributed by atoms with E-state index in [4.69, 9.17) is 14.7 Å². The number of rotatable bonds is 15. The average molecular weight is 461 g/mol. The first-order valence-electron chi connectivity index (χ1n) is 13.3. The van der Waals surface area contributed by atoms with Crippen molar-refractivity contribution in [1.29, 1.82) is 0 Å². The van der Waals surface area contributed by atoms with Gasteiger partial charge in [0.05, 0.1) is 28.7 Å². The van der Waals surface area contributed by atoms with Crippen LogP contribution in [0.1, 0.15) is 107 Å². The van der Waals surface area contributed by atoms with Gasteiger partial charge < -0.3 is 4.74 Å². The highest BCUT2D eigenvalue weighted by Crippen LogP contribution is 2.23. The van der Waals surface area contributed by atoms with Crippen LogP contribution in [0.5, 0.6) is 0 Å². The molecular formula is C30H40N2O2. The van der Waals surface area contributed by atoms with Crippen LogP contribution in [0.2, 0.25) is 0 Å². The van der Waals surface area contributed by atoms with Crippen molar-refractivity contribution in [1.82, 2.24) is 9.97 Å². The summed E-state index contributed by atoms with van der Waals surface area (Å²) in [5, 5.41) is 0. The third kappa shape index (κ3) is 7.65. The number of fused-ring (bicyclic) bond motifs is 2. The number of aromatic nitrogens is 2. The highest BCUT2D eigenvalue weighted by atomic mass is 16.5. The van der Waals surface area contributed by atoms with Crippen LogP contribution in [-0.4, -0.2) is 22.5 Å². The SMILES string of the molecule is CCCCCCCCCCCCCC=Cc1cccc2nc3cccc(C(=O)OCC)c3nc12. The Hall–Kier alpha value is -2.75. The predicted molar refractivity (Wildman–Crippen MR) is 143 cm³/mol. The van der Waals surface area contributed by atoms with Gasteiger partial charge in [-0.15, -0.1) is 0 Å². The van der Waals surface area contributed by atoms with Crippen molar-refractivity contribution in [2.24, 2.45) is 0 Å². The highest BCUT2D eigenvalue weighted by molar-refractivity contribution is 6.04. The number of nitrogens with zero attached hydrogens (tertiary/aromatic N) is 2. The van der Waals surface area contributed by atoms with Gasteiger partial charge in [0.1, 0.15) is 5.52 Å². The third-order valence-electron chi connectivity index (χ3n) is 6.29. The topological polar surface area (TPSA) is 52.1 Å². The fourth-order valence-corrected chi connectivity index (χ4v) is 4.39. The maximum atomic E-state index is 12.4. The van der Waals surface area contributed by atoms with Gasteiger partial charge >= 0.3 is 5.97 Å². The molecule has 0 fully saturated rings. The van der Waals surface area contributed by atoms with Gasteiger partial charge in [-0.25, -0.2) is 14.8 Å². The molecule has 0 unspecified atom stereocenters. The van der Waals surface area contributed by atoms with Gasteiger partial charge in [-0.05, 0) is 38.0 Å². The first-order valence-corrected chi connectivity index (χ1v) is 13.3. The number of unbranched alkanes of at least 4 members (excludes halogenated alkanes) is 11. The second-order valence-corrected chi connectivity index (χ2v) is 9.06. The summed E-state index contributed by atoms with van der Waals surface area (Å²) in [6.07, 6.45) is 20.4. The van der Waals surface area contributed by atoms with Crippen LogP contribution >= 0.6 is 0 Å². The number of benzene rings is 2. The smallest absolute Gasteiger partial charge is 0.340 e. The molecule has 0 saturated heterocycles. The number of hydrogen-bond donors (Lipinski definition) is 0. The van der Waals surface area contributed by atoms with Gasteiger partial charge in [0.25, 0.3) is 0 Å². The summed E-state index contributed by atoms with van der Waals surface area (Å²) in [5.41, 5.74) is 4.47. The monoisotopic (exact) mass is 460 g/mol. The standard InChI is InChI=1S/C30H40N2O2/c1-3-5-6-7-8-9-10-11-12-13-14-15-16-19-24-20-17-22-26-28(24)32-29-25(30(33)34-4-2)21-18-23-27(29)31-26/h16-23H,3-15H2,1-2H3. The van der Waals surface area contributed by atoms with E-state index >= 15 is 0 Å². The molecule has 0 amide bonds. The largest absolute Gasteiger partial charge is 0.462 e. The molecule has 0 aliphatic heterocycles. The number of ether oxygens (including phenoxy) is 1. The van der Waals surface area contributed by atoms with E-state index in [0.717, 1.165) is 23.0 Å². The Labute approximate surface area is 204 Å². The molecule has 0 bridgehead atoms. The molecule has 2 aromatic carbocycles. The molecule has 3 aromatic rings. The van der Waals surface area contributed by atoms with Gasteiger partial charge in [-0.1, -0.05) is 101 Å². The molecule has 182 valence electrons. The Morgan fingerprint density at radius 1 is 0.765 bits per heavy atom. The number of carbonyl (C=O) groups is 1. The summed E-state index contributed by atoms with van der Waals surface area (Å²) in [6, 6.07) is 11.5. The lowest BCUT2D eigenvalue weighted by Gasteiger charge is -2.08. The molecule has 4 nitrogen and oxygen atoms in total. The Balaban J connectivity index is 1.52. The van der Waals surface area contributed by atoms with E-state index in [2.05, 4.69) is 25.1 Å². The minimum atomic E-state index is -0.355. The summed E-state index contributed by atoms with van der Waals surface area (Å²) in [6.45, 7) is 4.42. The van der Waals surface area contributed by atoms with Crippen LogP contribution in [0.4, 0.5) is 0 Å². The van der Waals surface area contributed by atoms with E-state index in [-0.39, 0.29) is 5.97 Å². The molecule has 0 atom stereocenters. The summed E-state index contributed by atoms with van der Waals surface area (Å²) in [5.74, 6) is -0.355. The van der Waals surface area contributed by atoms with Gasteiger partial charge in [-0.3, -0.25) is 0 Å². The van der Waals surface area contributed by atoms with E-state index in [1.165, 1.54) is 70.6 Å². The Bertz CT molecular complexity index is 1070. The second-order valence-electron chi connectivity index (χ2n) is 9.06. The molecule has 3 rings (SSSR count). The number of para-hydroxylation sites is 2. The average Bonchev–Trinajstić information content (AvgIpc) is 2.85. The predicted octanol–water partition coefficient (Wildman–Crippen LogP) is 8.67. The van der Waals surface area contributed by atoms with Crippen LogP contribution in [0.15, 0.2) is 42.5 Å². The molecule has 4 heteroatoms. The molecule has 34 heavy (non-hydrogen) atoms. The fraction of sp³-hybridized carbons (Fsp3) is 0.500. The van der Waals surface area contributed by atoms with Gasteiger partial charge in [0.15, 0.2) is 0 Å². The Kier molecular flexibility index (Phi) is 11.0. The van der Waals surface area contributed by atoms with Gasteiger partial charge in [0.2, 0.25) is 0 Å². The molecule has 0 spiro atoms. The minimum Gasteiger partial charge on any atom is -0.462 e. The first kappa shape index (κ1) is 25.9. The molecule has 0 radical (unpaired) electrons. The summed E-state index contributed by atoms with van der Waals surface area (Å²) in [4.78, 5) is 22.0. The van der Waals surface area contributed by atoms with Gasteiger partial charge in [0, 0.05) is 5.56 Å². The Morgan fingerprint density at radius 2 is 1.38 bits per heavy atom. The molecule has 0 saturated carbocycles. The molecule has 0 aliphatic carbocycles. The van der Waals surface area contributed by atoms with Crippen LogP contribution in [0, 0.1) is 0 Å². The Morgan fingerprint density at radius 3 is 2.06 bits per heavy atom. The van der Waals surface area contributed by atoms with Crippen molar-refractivity contribution >= 4 is 34.1 Å². The first-order chi connectivity index (χ1) is 16.7. The lowest BCUT2D eigenvalue weighted by Crippen LogP contribution is -2.06. The lowest BCUT2D eigenvalue weighted by atomic mass is 10.0. The third-order valence-corrected chi connectivity index (χ3v) is 6.29. The summed E-state index contributed by atoms with van der Waals surface area (Å²) >= 11 is 0. The van der Waals surface area contributed by atoms with Crippen molar-refractivity contribution in [2.45, 2.75) is 90.9 Å². The molecule has 1 aromatic heterocycles. The van der Waals surface area contributed by atoms with E-state index in [0.29, 0.717) is 23.2 Å². The molecule has 0 aliphatic rings. The normalized spacial score (nSPS) is 11.6. The van der Waals surface area contributed by atoms with Crippen LogP contribution in [0.3, 0.4) is 0 Å². The van der Waals surface area contributed by atoms with Crippen molar-refractivity contribution in [3.05, 3.63) is 53.6 Å². The van der Waals surface area contributed by atoms with Crippen LogP contribution in [0.25, 0.3) is 28.1 Å². The summed E-state index contributed by atoms with van der Waals surface area (Å²) < 4.78 is 5.21. The highest BCUT2D eigenvalue weighted by Gasteiger charge is 2.14. The van der Waals surface area contributed by atoms with Crippen LogP contribution in [-0.2, 0) is 4.74 Å². The molecule has 1 heterocycles. The van der Waals surface area contributed by atoms with E-state index in [1.807, 2.05) is 31.2 Å². The quantitative estimate of drug-likeness (QED) is 0.129. The minimum absolute atomic E-state index is 0.337. The van der Waals surface area contributed by atoms with E-state index < -0.39 is 0 Å². The van der Waals surface area contributed by atoms with E-state index in [9.17, 15) is 4.79 Å².